The van der Waals surface area contributed by atoms with E-state index in [1.54, 1.807) is 24.4 Å². The molecular formula is C19H22N4O3. The number of fused-ring (bicyclic) bond motifs is 1. The van der Waals surface area contributed by atoms with Crippen LogP contribution in [0.4, 0.5) is 5.69 Å². The number of carbonyl (C=O) groups excluding carboxylic acids is 2. The number of rotatable bonds is 7. The van der Waals surface area contributed by atoms with E-state index in [1.807, 2.05) is 18.2 Å². The van der Waals surface area contributed by atoms with Crippen LogP contribution in [0.5, 0.6) is 5.75 Å². The maximum atomic E-state index is 12.3. The molecule has 1 aliphatic rings. The van der Waals surface area contributed by atoms with Gasteiger partial charge >= 0.3 is 0 Å². The smallest absolute Gasteiger partial charge is 0.262 e. The van der Waals surface area contributed by atoms with Crippen LogP contribution in [0, 0.1) is 0 Å². The Morgan fingerprint density at radius 1 is 1.35 bits per heavy atom. The Morgan fingerprint density at radius 3 is 3.00 bits per heavy atom. The summed E-state index contributed by atoms with van der Waals surface area (Å²) in [5.74, 6) is 0.159. The summed E-state index contributed by atoms with van der Waals surface area (Å²) in [5.41, 5.74) is 2.10. The molecule has 1 aliphatic heterocycles. The Bertz CT molecular complexity index is 780. The molecule has 2 heterocycles. The first kappa shape index (κ1) is 17.9. The highest BCUT2D eigenvalue weighted by Crippen LogP contribution is 2.28. The second-order valence-electron chi connectivity index (χ2n) is 5.99. The average Bonchev–Trinajstić information content (AvgIpc) is 2.67. The zero-order chi connectivity index (χ0) is 18.4. The van der Waals surface area contributed by atoms with Gasteiger partial charge in [-0.3, -0.25) is 19.5 Å². The number of likely N-dealkylation sites (N-methyl/N-ethyl adjacent to an activating group) is 1. The van der Waals surface area contributed by atoms with Crippen LogP contribution in [0.15, 0.2) is 42.6 Å². The molecule has 0 fully saturated rings. The standard InChI is InChI=1S/C19H22N4O3/c1-2-23(12-15-5-3-4-8-20-15)10-9-21-19(25)14-6-7-16-17(11-14)26-13-18(24)22-16/h3-8,11H,2,9-10,12-13H2,1H3,(H,21,25)(H,22,24). The molecule has 0 aliphatic carbocycles. The SMILES string of the molecule is CCN(CCNC(=O)c1ccc2c(c1)OCC(=O)N2)Cc1ccccn1. The second kappa shape index (κ2) is 8.44. The van der Waals surface area contributed by atoms with Crippen molar-refractivity contribution in [2.24, 2.45) is 0 Å². The van der Waals surface area contributed by atoms with Crippen LogP contribution in [0.1, 0.15) is 23.0 Å². The van der Waals surface area contributed by atoms with Crippen molar-refractivity contribution in [2.45, 2.75) is 13.5 Å². The molecule has 0 unspecified atom stereocenters. The van der Waals surface area contributed by atoms with E-state index >= 15 is 0 Å². The number of aromatic nitrogens is 1. The average molecular weight is 354 g/mol. The molecular weight excluding hydrogens is 332 g/mol. The van der Waals surface area contributed by atoms with Gasteiger partial charge in [-0.15, -0.1) is 0 Å². The molecule has 3 rings (SSSR count). The Labute approximate surface area is 152 Å². The minimum Gasteiger partial charge on any atom is -0.482 e. The molecule has 136 valence electrons. The van der Waals surface area contributed by atoms with Gasteiger partial charge in [0.15, 0.2) is 6.61 Å². The van der Waals surface area contributed by atoms with E-state index in [4.69, 9.17) is 4.74 Å². The lowest BCUT2D eigenvalue weighted by Crippen LogP contribution is -2.35. The molecule has 0 atom stereocenters. The van der Waals surface area contributed by atoms with E-state index in [-0.39, 0.29) is 18.4 Å². The number of ether oxygens (including phenoxy) is 1. The largest absolute Gasteiger partial charge is 0.482 e. The first-order valence-corrected chi connectivity index (χ1v) is 8.63. The van der Waals surface area contributed by atoms with Gasteiger partial charge in [-0.25, -0.2) is 0 Å². The Balaban J connectivity index is 1.51. The monoisotopic (exact) mass is 354 g/mol. The minimum atomic E-state index is -0.192. The van der Waals surface area contributed by atoms with Crippen molar-refractivity contribution in [3.05, 3.63) is 53.9 Å². The number of anilines is 1. The molecule has 0 saturated heterocycles. The van der Waals surface area contributed by atoms with Gasteiger partial charge in [0.25, 0.3) is 11.8 Å². The molecule has 2 amide bonds. The van der Waals surface area contributed by atoms with Crippen LogP contribution in [0.2, 0.25) is 0 Å². The van der Waals surface area contributed by atoms with E-state index in [1.165, 1.54) is 0 Å². The van der Waals surface area contributed by atoms with Crippen molar-refractivity contribution < 1.29 is 14.3 Å². The summed E-state index contributed by atoms with van der Waals surface area (Å²) in [6.45, 7) is 4.94. The third kappa shape index (κ3) is 4.58. The fraction of sp³-hybridized carbons (Fsp3) is 0.316. The zero-order valence-corrected chi connectivity index (χ0v) is 14.7. The van der Waals surface area contributed by atoms with Crippen molar-refractivity contribution >= 4 is 17.5 Å². The summed E-state index contributed by atoms with van der Waals surface area (Å²) in [7, 11) is 0. The third-order valence-corrected chi connectivity index (χ3v) is 4.15. The number of pyridine rings is 1. The summed E-state index contributed by atoms with van der Waals surface area (Å²) in [6.07, 6.45) is 1.78. The van der Waals surface area contributed by atoms with Crippen LogP contribution < -0.4 is 15.4 Å². The molecule has 1 aromatic heterocycles. The van der Waals surface area contributed by atoms with Crippen LogP contribution in [-0.2, 0) is 11.3 Å². The van der Waals surface area contributed by atoms with Crippen molar-refractivity contribution in [3.63, 3.8) is 0 Å². The van der Waals surface area contributed by atoms with Crippen LogP contribution in [0.3, 0.4) is 0 Å². The lowest BCUT2D eigenvalue weighted by molar-refractivity contribution is -0.118. The Morgan fingerprint density at radius 2 is 2.23 bits per heavy atom. The van der Waals surface area contributed by atoms with Crippen LogP contribution >= 0.6 is 0 Å². The number of nitrogens with zero attached hydrogens (tertiary/aromatic N) is 2. The fourth-order valence-electron chi connectivity index (χ4n) is 2.72. The number of hydrogen-bond acceptors (Lipinski definition) is 5. The van der Waals surface area contributed by atoms with Crippen LogP contribution in [0.25, 0.3) is 0 Å². The summed E-state index contributed by atoms with van der Waals surface area (Å²) < 4.78 is 5.35. The number of amides is 2. The van der Waals surface area contributed by atoms with E-state index in [9.17, 15) is 9.59 Å². The van der Waals surface area contributed by atoms with Crippen molar-refractivity contribution in [1.29, 1.82) is 0 Å². The highest BCUT2D eigenvalue weighted by Gasteiger charge is 2.17. The summed E-state index contributed by atoms with van der Waals surface area (Å²) in [6, 6.07) is 10.9. The van der Waals surface area contributed by atoms with Crippen molar-refractivity contribution in [2.75, 3.05) is 31.6 Å². The van der Waals surface area contributed by atoms with Gasteiger partial charge in [-0.1, -0.05) is 13.0 Å². The third-order valence-electron chi connectivity index (χ3n) is 4.15. The predicted molar refractivity (Wildman–Crippen MR) is 98.1 cm³/mol. The van der Waals surface area contributed by atoms with Gasteiger partial charge in [-0.05, 0) is 36.9 Å². The molecule has 26 heavy (non-hydrogen) atoms. The fourth-order valence-corrected chi connectivity index (χ4v) is 2.72. The predicted octanol–water partition coefficient (Wildman–Crippen LogP) is 1.66. The first-order chi connectivity index (χ1) is 12.7. The number of carbonyl (C=O) groups is 2. The van der Waals surface area contributed by atoms with Crippen LogP contribution in [-0.4, -0.2) is 47.9 Å². The highest BCUT2D eigenvalue weighted by atomic mass is 16.5. The van der Waals surface area contributed by atoms with Gasteiger partial charge < -0.3 is 15.4 Å². The maximum Gasteiger partial charge on any atom is 0.262 e. The summed E-state index contributed by atoms with van der Waals surface area (Å²) in [4.78, 5) is 30.2. The highest BCUT2D eigenvalue weighted by molar-refractivity contribution is 5.98. The van der Waals surface area contributed by atoms with Crippen molar-refractivity contribution in [1.82, 2.24) is 15.2 Å². The maximum absolute atomic E-state index is 12.3. The molecule has 1 aromatic carbocycles. The lowest BCUT2D eigenvalue weighted by atomic mass is 10.1. The molecule has 0 saturated carbocycles. The van der Waals surface area contributed by atoms with E-state index in [0.29, 0.717) is 23.5 Å². The molecule has 2 aromatic rings. The quantitative estimate of drug-likeness (QED) is 0.790. The second-order valence-corrected chi connectivity index (χ2v) is 5.99. The summed E-state index contributed by atoms with van der Waals surface area (Å²) >= 11 is 0. The van der Waals surface area contributed by atoms with Crippen molar-refractivity contribution in [3.8, 4) is 5.75 Å². The van der Waals surface area contributed by atoms with Gasteiger partial charge in [0.2, 0.25) is 0 Å². The van der Waals surface area contributed by atoms with Gasteiger partial charge in [0, 0.05) is 31.4 Å². The van der Waals surface area contributed by atoms with E-state index < -0.39 is 0 Å². The molecule has 0 bridgehead atoms. The van der Waals surface area contributed by atoms with Gasteiger partial charge in [0.1, 0.15) is 5.75 Å². The molecule has 0 radical (unpaired) electrons. The number of nitrogens with one attached hydrogen (secondary N) is 2. The molecule has 7 heteroatoms. The van der Waals surface area contributed by atoms with Gasteiger partial charge in [0.05, 0.1) is 11.4 Å². The minimum absolute atomic E-state index is 0.0307. The van der Waals surface area contributed by atoms with E-state index in [2.05, 4.69) is 27.4 Å². The Kier molecular flexibility index (Phi) is 5.80. The topological polar surface area (TPSA) is 83.6 Å². The van der Waals surface area contributed by atoms with Gasteiger partial charge in [-0.2, -0.15) is 0 Å². The summed E-state index contributed by atoms with van der Waals surface area (Å²) in [5, 5.41) is 5.63. The molecule has 2 N–H and O–H groups in total. The first-order valence-electron chi connectivity index (χ1n) is 8.63. The Hall–Kier alpha value is -2.93. The normalized spacial score (nSPS) is 12.9. The molecule has 7 nitrogen and oxygen atoms in total. The number of benzene rings is 1. The van der Waals surface area contributed by atoms with E-state index in [0.717, 1.165) is 25.3 Å². The number of hydrogen-bond donors (Lipinski definition) is 2. The zero-order valence-electron chi connectivity index (χ0n) is 14.7. The molecule has 0 spiro atoms. The lowest BCUT2D eigenvalue weighted by Gasteiger charge is -2.20.